The van der Waals surface area contributed by atoms with E-state index in [4.69, 9.17) is 0 Å². The van der Waals surface area contributed by atoms with Gasteiger partial charge in [-0.25, -0.2) is 0 Å². The van der Waals surface area contributed by atoms with Gasteiger partial charge in [-0.1, -0.05) is 97.1 Å². The fraction of sp³-hybridized carbons (Fsp3) is 0. The molecule has 0 spiro atoms. The van der Waals surface area contributed by atoms with Crippen LogP contribution in [0.25, 0.3) is 27.6 Å². The van der Waals surface area contributed by atoms with Crippen LogP contribution in [0, 0.1) is 0 Å². The van der Waals surface area contributed by atoms with Crippen molar-refractivity contribution in [2.75, 3.05) is 27.1 Å². The van der Waals surface area contributed by atoms with E-state index in [9.17, 15) is 4.79 Å². The Kier molecular flexibility index (Phi) is 6.87. The van der Waals surface area contributed by atoms with Crippen molar-refractivity contribution in [1.29, 1.82) is 0 Å². The van der Waals surface area contributed by atoms with Gasteiger partial charge in [0.2, 0.25) is 5.78 Å². The SMILES string of the molecule is O=C1/C(=N\Nc2ccc(NNc3ccc(NNc4ccccc4)c4ccccc34)c3ccccc23)C=Cc2ccccc21. The lowest BCUT2D eigenvalue weighted by atomic mass is 9.95. The summed E-state index contributed by atoms with van der Waals surface area (Å²) in [7, 11) is 0. The second-order valence-corrected chi connectivity index (χ2v) is 10.1. The van der Waals surface area contributed by atoms with Crippen LogP contribution in [0.1, 0.15) is 15.9 Å². The summed E-state index contributed by atoms with van der Waals surface area (Å²) < 4.78 is 0. The number of allylic oxidation sites excluding steroid dienone is 1. The standard InChI is InChI=1S/C36H28N6O/c43-36-26-13-5-4-10-24(26)18-19-35(36)42-41-34-23-22-33(29-16-8-9-17-30(29)34)40-39-32-21-20-31(27-14-6-7-15-28(27)32)38-37-25-11-2-1-3-12-25/h1-23,37-41H/b42-35-. The van der Waals surface area contributed by atoms with Crippen LogP contribution in [0.5, 0.6) is 0 Å². The lowest BCUT2D eigenvalue weighted by Crippen LogP contribution is -2.18. The molecule has 0 atom stereocenters. The molecule has 7 nitrogen and oxygen atoms in total. The molecule has 0 saturated carbocycles. The fourth-order valence-corrected chi connectivity index (χ4v) is 5.26. The van der Waals surface area contributed by atoms with Gasteiger partial charge >= 0.3 is 0 Å². The topological polar surface area (TPSA) is 89.6 Å². The Morgan fingerprint density at radius 3 is 1.56 bits per heavy atom. The van der Waals surface area contributed by atoms with Crippen LogP contribution in [0.2, 0.25) is 0 Å². The summed E-state index contributed by atoms with van der Waals surface area (Å²) in [4.78, 5) is 12.9. The number of hydrogen-bond acceptors (Lipinski definition) is 7. The van der Waals surface area contributed by atoms with Crippen molar-refractivity contribution in [1.82, 2.24) is 0 Å². The number of ketones is 1. The number of benzene rings is 6. The molecule has 0 bridgehead atoms. The molecule has 7 rings (SSSR count). The summed E-state index contributed by atoms with van der Waals surface area (Å²) in [6, 6.07) is 41.9. The molecule has 0 unspecified atom stereocenters. The van der Waals surface area contributed by atoms with Crippen molar-refractivity contribution in [3.63, 3.8) is 0 Å². The van der Waals surface area contributed by atoms with E-state index in [0.717, 1.165) is 55.5 Å². The Morgan fingerprint density at radius 1 is 0.442 bits per heavy atom. The first-order chi connectivity index (χ1) is 21.2. The highest BCUT2D eigenvalue weighted by atomic mass is 16.1. The maximum Gasteiger partial charge on any atom is 0.213 e. The maximum absolute atomic E-state index is 12.9. The van der Waals surface area contributed by atoms with Gasteiger partial charge in [-0.2, -0.15) is 5.10 Å². The summed E-state index contributed by atoms with van der Waals surface area (Å²) in [6.45, 7) is 0. The average Bonchev–Trinajstić information content (AvgIpc) is 3.07. The maximum atomic E-state index is 12.9. The molecular weight excluding hydrogens is 532 g/mol. The van der Waals surface area contributed by atoms with Gasteiger partial charge < -0.3 is 21.7 Å². The molecule has 6 aromatic rings. The number of fused-ring (bicyclic) bond motifs is 3. The number of hydrazine groups is 2. The van der Waals surface area contributed by atoms with Crippen LogP contribution >= 0.6 is 0 Å². The molecular formula is C36H28N6O. The fourth-order valence-electron chi connectivity index (χ4n) is 5.26. The van der Waals surface area contributed by atoms with Crippen LogP contribution < -0.4 is 27.1 Å². The number of anilines is 5. The molecule has 0 saturated heterocycles. The summed E-state index contributed by atoms with van der Waals surface area (Å²) >= 11 is 0. The predicted molar refractivity (Wildman–Crippen MR) is 180 cm³/mol. The van der Waals surface area contributed by atoms with E-state index >= 15 is 0 Å². The Bertz CT molecular complexity index is 2030. The van der Waals surface area contributed by atoms with Crippen LogP contribution in [0.3, 0.4) is 0 Å². The van der Waals surface area contributed by atoms with Crippen molar-refractivity contribution >= 4 is 67.6 Å². The first-order valence-corrected chi connectivity index (χ1v) is 14.0. The van der Waals surface area contributed by atoms with Crippen LogP contribution in [0.15, 0.2) is 139 Å². The molecule has 0 amide bonds. The van der Waals surface area contributed by atoms with Gasteiger partial charge in [0.1, 0.15) is 5.71 Å². The normalized spacial score (nSPS) is 13.1. The second kappa shape index (κ2) is 11.4. The number of rotatable bonds is 8. The van der Waals surface area contributed by atoms with Crippen LogP contribution in [0.4, 0.5) is 28.4 Å². The Hall–Kier alpha value is -6.08. The smallest absolute Gasteiger partial charge is 0.213 e. The van der Waals surface area contributed by atoms with Gasteiger partial charge in [0.25, 0.3) is 0 Å². The number of hydrogen-bond donors (Lipinski definition) is 5. The lowest BCUT2D eigenvalue weighted by Gasteiger charge is -2.18. The number of hydrazone groups is 1. The number of nitrogens with zero attached hydrogens (tertiary/aromatic N) is 1. The monoisotopic (exact) mass is 560 g/mol. The Labute approximate surface area is 248 Å². The third-order valence-corrected chi connectivity index (χ3v) is 7.45. The molecule has 7 heteroatoms. The molecule has 0 fully saturated rings. The number of nitrogens with one attached hydrogen (secondary N) is 5. The molecule has 43 heavy (non-hydrogen) atoms. The van der Waals surface area contributed by atoms with Crippen LogP contribution in [-0.2, 0) is 0 Å². The molecule has 0 aromatic heterocycles. The van der Waals surface area contributed by atoms with Gasteiger partial charge in [-0.3, -0.25) is 10.2 Å². The van der Waals surface area contributed by atoms with E-state index in [2.05, 4.69) is 50.4 Å². The minimum absolute atomic E-state index is 0.0957. The van der Waals surface area contributed by atoms with Gasteiger partial charge in [0.15, 0.2) is 0 Å². The summed E-state index contributed by atoms with van der Waals surface area (Å²) in [5.41, 5.74) is 23.1. The van der Waals surface area contributed by atoms with Gasteiger partial charge in [0.05, 0.1) is 28.4 Å². The molecule has 0 heterocycles. The lowest BCUT2D eigenvalue weighted by molar-refractivity contribution is 0.106. The van der Waals surface area contributed by atoms with Crippen LogP contribution in [-0.4, -0.2) is 11.5 Å². The summed E-state index contributed by atoms with van der Waals surface area (Å²) in [5.74, 6) is -0.0957. The van der Waals surface area contributed by atoms with E-state index in [1.54, 1.807) is 6.08 Å². The number of para-hydroxylation sites is 1. The van der Waals surface area contributed by atoms with Crippen molar-refractivity contribution in [2.24, 2.45) is 5.10 Å². The van der Waals surface area contributed by atoms with Crippen molar-refractivity contribution in [3.8, 4) is 0 Å². The summed E-state index contributed by atoms with van der Waals surface area (Å²) in [6.07, 6.45) is 3.67. The molecule has 1 aliphatic rings. The first kappa shape index (κ1) is 25.9. The Balaban J connectivity index is 1.12. The number of carbonyl (C=O) groups excluding carboxylic acids is 1. The third kappa shape index (κ3) is 5.23. The highest BCUT2D eigenvalue weighted by Gasteiger charge is 2.19. The van der Waals surface area contributed by atoms with Crippen molar-refractivity contribution in [3.05, 3.63) is 145 Å². The highest BCUT2D eigenvalue weighted by molar-refractivity contribution is 6.52. The largest absolute Gasteiger partial charge is 0.301 e. The van der Waals surface area contributed by atoms with E-state index < -0.39 is 0 Å². The van der Waals surface area contributed by atoms with E-state index in [1.165, 1.54) is 0 Å². The molecule has 0 radical (unpaired) electrons. The summed E-state index contributed by atoms with van der Waals surface area (Å²) in [5, 5.41) is 8.60. The number of carbonyl (C=O) groups is 1. The zero-order valence-corrected chi connectivity index (χ0v) is 23.1. The average molecular weight is 561 g/mol. The zero-order valence-electron chi connectivity index (χ0n) is 23.1. The minimum Gasteiger partial charge on any atom is -0.301 e. The molecule has 0 aliphatic heterocycles. The van der Waals surface area contributed by atoms with E-state index in [1.807, 2.05) is 115 Å². The highest BCUT2D eigenvalue weighted by Crippen LogP contribution is 2.33. The number of Topliss-reactive ketones (excluding diaryl/α,β-unsaturated/α-hetero) is 1. The quantitative estimate of drug-likeness (QED) is 0.120. The van der Waals surface area contributed by atoms with E-state index in [-0.39, 0.29) is 5.78 Å². The Morgan fingerprint density at radius 2 is 0.930 bits per heavy atom. The minimum atomic E-state index is -0.0957. The van der Waals surface area contributed by atoms with Crippen molar-refractivity contribution in [2.45, 2.75) is 0 Å². The molecule has 6 aromatic carbocycles. The zero-order chi connectivity index (χ0) is 29.0. The van der Waals surface area contributed by atoms with Gasteiger partial charge in [-0.05, 0) is 48.0 Å². The third-order valence-electron chi connectivity index (χ3n) is 7.45. The van der Waals surface area contributed by atoms with Gasteiger partial charge in [-0.15, -0.1) is 0 Å². The molecule has 5 N–H and O–H groups in total. The predicted octanol–water partition coefficient (Wildman–Crippen LogP) is 8.55. The van der Waals surface area contributed by atoms with Crippen molar-refractivity contribution < 1.29 is 4.79 Å². The first-order valence-electron chi connectivity index (χ1n) is 14.0. The molecule has 208 valence electrons. The molecule has 1 aliphatic carbocycles. The van der Waals surface area contributed by atoms with E-state index in [0.29, 0.717) is 11.3 Å². The van der Waals surface area contributed by atoms with Gasteiger partial charge in [0, 0.05) is 27.1 Å². The second-order valence-electron chi connectivity index (χ2n) is 10.1.